The number of aromatic nitrogens is 3. The number of carboxylic acid groups (broad SMARTS) is 1. The van der Waals surface area contributed by atoms with Crippen molar-refractivity contribution < 1.29 is 19.4 Å². The summed E-state index contributed by atoms with van der Waals surface area (Å²) >= 11 is 1.45. The van der Waals surface area contributed by atoms with E-state index < -0.39 is 23.5 Å². The molecule has 0 fully saturated rings. The molecule has 2 heterocycles. The minimum absolute atomic E-state index is 0.0349. The summed E-state index contributed by atoms with van der Waals surface area (Å²) in [5.41, 5.74) is 0.915. The van der Waals surface area contributed by atoms with Gasteiger partial charge in [-0.05, 0) is 5.56 Å². The summed E-state index contributed by atoms with van der Waals surface area (Å²) in [6.07, 6.45) is 2.76. The minimum Gasteiger partial charge on any atom is -0.480 e. The Hall–Kier alpha value is -3.07. The van der Waals surface area contributed by atoms with Gasteiger partial charge in [-0.15, -0.1) is 0 Å². The summed E-state index contributed by atoms with van der Waals surface area (Å²) in [7, 11) is 1.21. The largest absolute Gasteiger partial charge is 0.480 e. The van der Waals surface area contributed by atoms with Crippen molar-refractivity contribution in [1.82, 2.24) is 14.8 Å². The number of carbonyl (C=O) groups excluding carboxylic acids is 1. The highest BCUT2D eigenvalue weighted by Gasteiger charge is 2.26. The number of benzene rings is 1. The van der Waals surface area contributed by atoms with E-state index in [1.165, 1.54) is 35.8 Å². The third kappa shape index (κ3) is 4.03. The number of methoxy groups -OCH3 is 1. The number of carboxylic acids is 1. The van der Waals surface area contributed by atoms with Crippen molar-refractivity contribution in [2.75, 3.05) is 12.9 Å². The van der Waals surface area contributed by atoms with E-state index in [4.69, 9.17) is 4.74 Å². The first kappa shape index (κ1) is 18.7. The van der Waals surface area contributed by atoms with Gasteiger partial charge in [-0.3, -0.25) is 4.79 Å². The highest BCUT2D eigenvalue weighted by Crippen LogP contribution is 2.25. The lowest BCUT2D eigenvalue weighted by atomic mass is 10.1. The van der Waals surface area contributed by atoms with Crippen LogP contribution in [0.15, 0.2) is 47.5 Å². The van der Waals surface area contributed by atoms with Gasteiger partial charge in [0, 0.05) is 23.9 Å². The van der Waals surface area contributed by atoms with Gasteiger partial charge in [-0.25, -0.2) is 14.7 Å². The van der Waals surface area contributed by atoms with Crippen LogP contribution in [0.4, 0.5) is 0 Å². The first-order valence-corrected chi connectivity index (χ1v) is 9.19. The van der Waals surface area contributed by atoms with Crippen LogP contribution in [0.3, 0.4) is 0 Å². The van der Waals surface area contributed by atoms with Crippen molar-refractivity contribution in [1.29, 1.82) is 0 Å². The summed E-state index contributed by atoms with van der Waals surface area (Å²) in [6, 6.07) is 8.73. The number of fused-ring (bicyclic) bond motifs is 1. The van der Waals surface area contributed by atoms with Crippen LogP contribution >= 0.6 is 11.8 Å². The Balaban J connectivity index is 1.90. The van der Waals surface area contributed by atoms with Crippen LogP contribution in [-0.2, 0) is 15.3 Å². The number of carbonyl (C=O) groups is 2. The highest BCUT2D eigenvalue weighted by molar-refractivity contribution is 7.98. The number of ether oxygens (including phenoxy) is 1. The first-order chi connectivity index (χ1) is 13.0. The number of nitrogens with zero attached hydrogens (tertiary/aromatic N) is 2. The molecule has 1 atom stereocenters. The molecule has 1 aromatic rings. The number of rotatable bonds is 7. The molecule has 0 aliphatic carbocycles. The number of nitrogens with one attached hydrogen (secondary N) is 1. The molecule has 0 bridgehead atoms. The van der Waals surface area contributed by atoms with Gasteiger partial charge < -0.3 is 14.4 Å². The predicted molar refractivity (Wildman–Crippen MR) is 100 cm³/mol. The smallest absolute Gasteiger partial charge is 0.341 e. The van der Waals surface area contributed by atoms with Crippen molar-refractivity contribution >= 4 is 23.7 Å². The number of pyridine rings is 1. The van der Waals surface area contributed by atoms with E-state index >= 15 is 0 Å². The van der Waals surface area contributed by atoms with Crippen LogP contribution in [0.2, 0.25) is 0 Å². The Kier molecular flexibility index (Phi) is 5.60. The van der Waals surface area contributed by atoms with Crippen LogP contribution in [0.25, 0.3) is 11.3 Å². The molecule has 0 aromatic heterocycles. The zero-order valence-electron chi connectivity index (χ0n) is 14.4. The Morgan fingerprint density at radius 2 is 2.04 bits per heavy atom. The van der Waals surface area contributed by atoms with E-state index in [1.807, 2.05) is 30.3 Å². The summed E-state index contributed by atoms with van der Waals surface area (Å²) in [5, 5.41) is 15.8. The molecule has 0 spiro atoms. The van der Waals surface area contributed by atoms with E-state index in [0.29, 0.717) is 5.75 Å². The summed E-state index contributed by atoms with van der Waals surface area (Å²) < 4.78 is 6.08. The molecule has 2 N–H and O–H groups in total. The summed E-state index contributed by atoms with van der Waals surface area (Å²) in [4.78, 5) is 35.8. The SMILES string of the molecule is COC(=O)c1cn([C@@H](CSCc2ccccc2)C(=O)O)cc2c(=O)[nH]nc1-2. The normalized spacial score (nSPS) is 12.0. The molecule has 3 rings (SSSR count). The third-order valence-electron chi connectivity index (χ3n) is 4.02. The van der Waals surface area contributed by atoms with Crippen LogP contribution in [0.1, 0.15) is 22.0 Å². The Morgan fingerprint density at radius 3 is 2.70 bits per heavy atom. The van der Waals surface area contributed by atoms with Crippen LogP contribution in [-0.4, -0.2) is 44.7 Å². The van der Waals surface area contributed by atoms with E-state index in [-0.39, 0.29) is 22.6 Å². The topological polar surface area (TPSA) is 114 Å². The van der Waals surface area contributed by atoms with E-state index in [2.05, 4.69) is 10.2 Å². The standard InChI is InChI=1S/C18H17N3O5S/c1-26-18(25)13-8-21(7-12-15(13)19-20-16(12)22)14(17(23)24)10-27-9-11-5-3-2-4-6-11/h2-8,14H,9-10H2,1H3,(H,20,22)(H,23,24)/t14-/m0/s1. The predicted octanol–water partition coefficient (Wildman–Crippen LogP) is 2.02. The van der Waals surface area contributed by atoms with Crippen LogP contribution in [0.5, 0.6) is 0 Å². The van der Waals surface area contributed by atoms with Crippen molar-refractivity contribution in [3.63, 3.8) is 0 Å². The highest BCUT2D eigenvalue weighted by atomic mass is 32.2. The maximum absolute atomic E-state index is 12.0. The molecule has 0 radical (unpaired) electrons. The Labute approximate surface area is 158 Å². The molecule has 2 aliphatic rings. The van der Waals surface area contributed by atoms with Crippen molar-refractivity contribution in [3.05, 3.63) is 64.2 Å². The summed E-state index contributed by atoms with van der Waals surface area (Å²) in [5.74, 6) is -0.850. The zero-order valence-corrected chi connectivity index (χ0v) is 15.2. The quantitative estimate of drug-likeness (QED) is 0.596. The molecule has 0 amide bonds. The first-order valence-electron chi connectivity index (χ1n) is 8.04. The minimum atomic E-state index is -1.06. The molecule has 1 aromatic carbocycles. The van der Waals surface area contributed by atoms with Crippen molar-refractivity contribution in [2.24, 2.45) is 0 Å². The molecule has 2 aliphatic heterocycles. The molecule has 8 nitrogen and oxygen atoms in total. The second-order valence-electron chi connectivity index (χ2n) is 5.78. The average molecular weight is 387 g/mol. The fourth-order valence-electron chi connectivity index (χ4n) is 2.64. The van der Waals surface area contributed by atoms with E-state index in [0.717, 1.165) is 5.56 Å². The Morgan fingerprint density at radius 1 is 1.30 bits per heavy atom. The second kappa shape index (κ2) is 8.09. The Bertz CT molecular complexity index is 982. The number of thioether (sulfide) groups is 1. The van der Waals surface area contributed by atoms with Gasteiger partial charge in [0.15, 0.2) is 0 Å². The van der Waals surface area contributed by atoms with Gasteiger partial charge in [0.1, 0.15) is 17.3 Å². The molecule has 0 saturated heterocycles. The molecule has 0 unspecified atom stereocenters. The fraction of sp³-hybridized carbons (Fsp3) is 0.222. The summed E-state index contributed by atoms with van der Waals surface area (Å²) in [6.45, 7) is 0. The van der Waals surface area contributed by atoms with Crippen molar-refractivity contribution in [3.8, 4) is 11.3 Å². The maximum atomic E-state index is 12.0. The number of esters is 1. The number of hydrogen-bond donors (Lipinski definition) is 2. The van der Waals surface area contributed by atoms with E-state index in [1.54, 1.807) is 0 Å². The van der Waals surface area contributed by atoms with Gasteiger partial charge in [0.2, 0.25) is 0 Å². The molecular formula is C18H17N3O5S. The number of aromatic amines is 1. The monoisotopic (exact) mass is 387 g/mol. The fourth-order valence-corrected chi connectivity index (χ4v) is 3.73. The van der Waals surface area contributed by atoms with Crippen LogP contribution < -0.4 is 5.56 Å². The second-order valence-corrected chi connectivity index (χ2v) is 6.81. The lowest BCUT2D eigenvalue weighted by molar-refractivity contribution is -0.140. The van der Waals surface area contributed by atoms with Gasteiger partial charge in [0.05, 0.1) is 12.7 Å². The van der Waals surface area contributed by atoms with Gasteiger partial charge >= 0.3 is 11.9 Å². The zero-order chi connectivity index (χ0) is 19.4. The molecular weight excluding hydrogens is 370 g/mol. The number of H-pyrrole nitrogens is 1. The van der Waals surface area contributed by atoms with Crippen LogP contribution in [0, 0.1) is 0 Å². The molecule has 27 heavy (non-hydrogen) atoms. The average Bonchev–Trinajstić information content (AvgIpc) is 3.05. The molecule has 140 valence electrons. The maximum Gasteiger partial charge on any atom is 0.341 e. The van der Waals surface area contributed by atoms with E-state index in [9.17, 15) is 19.5 Å². The molecule has 0 saturated carbocycles. The third-order valence-corrected chi connectivity index (χ3v) is 5.11. The molecule has 9 heteroatoms. The number of aliphatic carboxylic acids is 1. The number of hydrogen-bond acceptors (Lipinski definition) is 6. The van der Waals surface area contributed by atoms with Crippen molar-refractivity contribution in [2.45, 2.75) is 11.8 Å². The van der Waals surface area contributed by atoms with Gasteiger partial charge in [-0.1, -0.05) is 30.3 Å². The lowest BCUT2D eigenvalue weighted by Gasteiger charge is -2.18. The lowest BCUT2D eigenvalue weighted by Crippen LogP contribution is -2.23. The van der Waals surface area contributed by atoms with Gasteiger partial charge in [-0.2, -0.15) is 16.9 Å². The van der Waals surface area contributed by atoms with Gasteiger partial charge in [0.25, 0.3) is 5.56 Å².